The van der Waals surface area contributed by atoms with Gasteiger partial charge in [0.05, 0.1) is 5.02 Å². The van der Waals surface area contributed by atoms with Gasteiger partial charge in [0.1, 0.15) is 24.8 Å². The Kier molecular flexibility index (Phi) is 5.86. The first-order chi connectivity index (χ1) is 10.5. The molecule has 4 nitrogen and oxygen atoms in total. The zero-order valence-corrected chi connectivity index (χ0v) is 12.8. The van der Waals surface area contributed by atoms with Crippen LogP contribution in [-0.4, -0.2) is 19.3 Å². The number of carbonyl (C=O) groups is 1. The smallest absolute Gasteiger partial charge is 0.411 e. The van der Waals surface area contributed by atoms with Crippen LogP contribution in [0.15, 0.2) is 42.5 Å². The van der Waals surface area contributed by atoms with Crippen LogP contribution in [0.5, 0.6) is 5.75 Å². The summed E-state index contributed by atoms with van der Waals surface area (Å²) in [5.74, 6) is 0.0702. The van der Waals surface area contributed by atoms with Crippen LogP contribution in [0.25, 0.3) is 0 Å². The van der Waals surface area contributed by atoms with Crippen molar-refractivity contribution in [2.45, 2.75) is 0 Å². The van der Waals surface area contributed by atoms with E-state index < -0.39 is 6.09 Å². The number of ether oxygens (including phenoxy) is 2. The summed E-state index contributed by atoms with van der Waals surface area (Å²) in [7, 11) is 0. The molecule has 0 aliphatic heterocycles. The van der Waals surface area contributed by atoms with Gasteiger partial charge in [-0.1, -0.05) is 23.2 Å². The molecular weight excluding hydrogens is 332 g/mol. The lowest BCUT2D eigenvalue weighted by atomic mass is 10.3. The molecule has 1 amide bonds. The van der Waals surface area contributed by atoms with Crippen molar-refractivity contribution < 1.29 is 18.7 Å². The highest BCUT2D eigenvalue weighted by Crippen LogP contribution is 2.27. The molecule has 2 aromatic carbocycles. The second kappa shape index (κ2) is 7.87. The van der Waals surface area contributed by atoms with Gasteiger partial charge in [0.15, 0.2) is 0 Å². The number of amides is 1. The number of hydrogen-bond donors (Lipinski definition) is 1. The predicted molar refractivity (Wildman–Crippen MR) is 83.3 cm³/mol. The van der Waals surface area contributed by atoms with E-state index in [4.69, 9.17) is 32.7 Å². The van der Waals surface area contributed by atoms with E-state index in [9.17, 15) is 9.18 Å². The highest BCUT2D eigenvalue weighted by molar-refractivity contribution is 6.35. The van der Waals surface area contributed by atoms with Gasteiger partial charge in [-0.15, -0.1) is 0 Å². The molecular formula is C15H12Cl2FNO3. The molecule has 0 aliphatic carbocycles. The second-order valence-corrected chi connectivity index (χ2v) is 5.03. The molecule has 7 heteroatoms. The van der Waals surface area contributed by atoms with Crippen molar-refractivity contribution in [2.75, 3.05) is 18.5 Å². The van der Waals surface area contributed by atoms with E-state index in [0.717, 1.165) is 0 Å². The van der Waals surface area contributed by atoms with Crippen LogP contribution >= 0.6 is 23.2 Å². The first kappa shape index (κ1) is 16.4. The lowest BCUT2D eigenvalue weighted by molar-refractivity contribution is 0.138. The van der Waals surface area contributed by atoms with Crippen LogP contribution < -0.4 is 10.1 Å². The first-order valence-electron chi connectivity index (χ1n) is 6.32. The van der Waals surface area contributed by atoms with E-state index in [-0.39, 0.29) is 19.0 Å². The van der Waals surface area contributed by atoms with Gasteiger partial charge in [0.2, 0.25) is 0 Å². The molecule has 0 bridgehead atoms. The molecule has 1 N–H and O–H groups in total. The van der Waals surface area contributed by atoms with Crippen LogP contribution in [0.2, 0.25) is 10.0 Å². The second-order valence-electron chi connectivity index (χ2n) is 4.19. The van der Waals surface area contributed by atoms with E-state index in [1.54, 1.807) is 18.2 Å². The lowest BCUT2D eigenvalue weighted by Gasteiger charge is -2.09. The highest BCUT2D eigenvalue weighted by Gasteiger charge is 2.05. The SMILES string of the molecule is O=C(Nc1ccc(F)cc1)OCCOc1ccc(Cl)cc1Cl. The number of benzene rings is 2. The maximum absolute atomic E-state index is 12.7. The first-order valence-corrected chi connectivity index (χ1v) is 7.07. The number of hydrogen-bond acceptors (Lipinski definition) is 3. The summed E-state index contributed by atoms with van der Waals surface area (Å²) in [5, 5.41) is 3.34. The number of rotatable bonds is 5. The molecule has 0 atom stereocenters. The fourth-order valence-electron chi connectivity index (χ4n) is 1.57. The molecule has 2 aromatic rings. The van der Waals surface area contributed by atoms with Gasteiger partial charge in [-0.05, 0) is 42.5 Å². The zero-order valence-electron chi connectivity index (χ0n) is 11.3. The van der Waals surface area contributed by atoms with Gasteiger partial charge in [-0.3, -0.25) is 5.32 Å². The Morgan fingerprint density at radius 3 is 2.50 bits per heavy atom. The zero-order chi connectivity index (χ0) is 15.9. The summed E-state index contributed by atoms with van der Waals surface area (Å²) in [5.41, 5.74) is 0.438. The van der Waals surface area contributed by atoms with Crippen molar-refractivity contribution >= 4 is 35.0 Å². The molecule has 0 radical (unpaired) electrons. The summed E-state index contributed by atoms with van der Waals surface area (Å²) in [6, 6.07) is 10.2. The minimum atomic E-state index is -0.655. The monoisotopic (exact) mass is 343 g/mol. The van der Waals surface area contributed by atoms with E-state index in [1.165, 1.54) is 24.3 Å². The molecule has 0 saturated heterocycles. The van der Waals surface area contributed by atoms with Crippen LogP contribution in [0.3, 0.4) is 0 Å². The molecule has 22 heavy (non-hydrogen) atoms. The standard InChI is InChI=1S/C15H12Cl2FNO3/c16-10-1-6-14(13(17)9-10)21-7-8-22-15(20)19-12-4-2-11(18)3-5-12/h1-6,9H,7-8H2,(H,19,20). The van der Waals surface area contributed by atoms with E-state index >= 15 is 0 Å². The molecule has 0 aromatic heterocycles. The van der Waals surface area contributed by atoms with Crippen molar-refractivity contribution in [2.24, 2.45) is 0 Å². The van der Waals surface area contributed by atoms with Gasteiger partial charge in [-0.2, -0.15) is 0 Å². The van der Waals surface area contributed by atoms with Gasteiger partial charge in [-0.25, -0.2) is 9.18 Å². The van der Waals surface area contributed by atoms with E-state index in [1.807, 2.05) is 0 Å². The Hall–Kier alpha value is -1.98. The highest BCUT2D eigenvalue weighted by atomic mass is 35.5. The summed E-state index contributed by atoms with van der Waals surface area (Å²) >= 11 is 11.7. The molecule has 0 fully saturated rings. The molecule has 0 unspecified atom stereocenters. The summed E-state index contributed by atoms with van der Waals surface area (Å²) in [6.45, 7) is 0.171. The van der Waals surface area contributed by atoms with Gasteiger partial charge < -0.3 is 9.47 Å². The lowest BCUT2D eigenvalue weighted by Crippen LogP contribution is -2.17. The topological polar surface area (TPSA) is 47.6 Å². The molecule has 0 saturated carbocycles. The van der Waals surface area contributed by atoms with Gasteiger partial charge >= 0.3 is 6.09 Å². The normalized spacial score (nSPS) is 10.1. The molecule has 2 rings (SSSR count). The Morgan fingerprint density at radius 1 is 1.09 bits per heavy atom. The summed E-state index contributed by atoms with van der Waals surface area (Å²) in [6.07, 6.45) is -0.655. The minimum absolute atomic E-state index is 0.0337. The third kappa shape index (κ3) is 5.09. The summed E-state index contributed by atoms with van der Waals surface area (Å²) in [4.78, 5) is 11.5. The average Bonchev–Trinajstić information content (AvgIpc) is 2.48. The van der Waals surface area contributed by atoms with E-state index in [2.05, 4.69) is 5.32 Å². The quantitative estimate of drug-likeness (QED) is 0.796. The average molecular weight is 344 g/mol. The van der Waals surface area contributed by atoms with Crippen LogP contribution in [0, 0.1) is 5.82 Å². The largest absolute Gasteiger partial charge is 0.488 e. The van der Waals surface area contributed by atoms with Crippen LogP contribution in [-0.2, 0) is 4.74 Å². The number of halogens is 3. The van der Waals surface area contributed by atoms with Gasteiger partial charge in [0, 0.05) is 10.7 Å². The third-order valence-electron chi connectivity index (χ3n) is 2.56. The number of carbonyl (C=O) groups excluding carboxylic acids is 1. The minimum Gasteiger partial charge on any atom is -0.488 e. The van der Waals surface area contributed by atoms with Crippen LogP contribution in [0.4, 0.5) is 14.9 Å². The maximum atomic E-state index is 12.7. The molecule has 0 heterocycles. The Morgan fingerprint density at radius 2 is 1.82 bits per heavy atom. The number of nitrogens with one attached hydrogen (secondary N) is 1. The maximum Gasteiger partial charge on any atom is 0.411 e. The fraction of sp³-hybridized carbons (Fsp3) is 0.133. The van der Waals surface area contributed by atoms with Crippen LogP contribution in [0.1, 0.15) is 0 Å². The molecule has 116 valence electrons. The van der Waals surface area contributed by atoms with E-state index in [0.29, 0.717) is 21.5 Å². The van der Waals surface area contributed by atoms with Crippen molar-refractivity contribution in [1.29, 1.82) is 0 Å². The van der Waals surface area contributed by atoms with Crippen molar-refractivity contribution in [3.8, 4) is 5.75 Å². The predicted octanol–water partition coefficient (Wildman–Crippen LogP) is 4.76. The Labute approximate surface area is 136 Å². The Bertz CT molecular complexity index is 650. The van der Waals surface area contributed by atoms with Crippen molar-refractivity contribution in [1.82, 2.24) is 0 Å². The van der Waals surface area contributed by atoms with Crippen molar-refractivity contribution in [3.63, 3.8) is 0 Å². The molecule has 0 aliphatic rings. The Balaban J connectivity index is 1.72. The summed E-state index contributed by atoms with van der Waals surface area (Å²) < 4.78 is 23.0. The number of anilines is 1. The third-order valence-corrected chi connectivity index (χ3v) is 3.09. The fourth-order valence-corrected chi connectivity index (χ4v) is 2.03. The van der Waals surface area contributed by atoms with Gasteiger partial charge in [0.25, 0.3) is 0 Å². The van der Waals surface area contributed by atoms with Crippen molar-refractivity contribution in [3.05, 3.63) is 58.3 Å². The molecule has 0 spiro atoms.